The zero-order chi connectivity index (χ0) is 20.1. The molecule has 2 amide bonds. The van der Waals surface area contributed by atoms with Gasteiger partial charge in [-0.25, -0.2) is 0 Å². The zero-order valence-electron chi connectivity index (χ0n) is 15.9. The molecule has 7 heteroatoms. The van der Waals surface area contributed by atoms with E-state index in [4.69, 9.17) is 9.47 Å². The number of hydrogen-bond acceptors (Lipinski definition) is 4. The van der Waals surface area contributed by atoms with Crippen LogP contribution in [-0.2, 0) is 22.6 Å². The summed E-state index contributed by atoms with van der Waals surface area (Å²) in [5.74, 6) is 1.16. The summed E-state index contributed by atoms with van der Waals surface area (Å²) in [4.78, 5) is 26.8. The van der Waals surface area contributed by atoms with Crippen molar-refractivity contribution in [2.45, 2.75) is 32.4 Å². The molecule has 0 saturated heterocycles. The lowest BCUT2D eigenvalue weighted by atomic mass is 10.1. The summed E-state index contributed by atoms with van der Waals surface area (Å²) in [6.45, 7) is 2.34. The van der Waals surface area contributed by atoms with E-state index in [0.717, 1.165) is 21.3 Å². The van der Waals surface area contributed by atoms with Gasteiger partial charge in [0.15, 0.2) is 11.5 Å². The van der Waals surface area contributed by atoms with Gasteiger partial charge in [-0.05, 0) is 48.7 Å². The quantitative estimate of drug-likeness (QED) is 0.708. The number of amides is 2. The third-order valence-corrected chi connectivity index (χ3v) is 5.21. The minimum absolute atomic E-state index is 0.0752. The number of likely N-dealkylation sites (N-methyl/N-ethyl adjacent to an activating group) is 1. The molecule has 1 aliphatic heterocycles. The van der Waals surface area contributed by atoms with E-state index in [-0.39, 0.29) is 18.6 Å². The minimum Gasteiger partial charge on any atom is -0.454 e. The van der Waals surface area contributed by atoms with Crippen LogP contribution in [0.5, 0.6) is 11.5 Å². The number of aryl methyl sites for hydroxylation is 1. The largest absolute Gasteiger partial charge is 0.454 e. The fraction of sp³-hybridized carbons (Fsp3) is 0.333. The van der Waals surface area contributed by atoms with Gasteiger partial charge in [0.2, 0.25) is 18.6 Å². The number of carbonyl (C=O) groups is 2. The highest BCUT2D eigenvalue weighted by Crippen LogP contribution is 2.32. The lowest BCUT2D eigenvalue weighted by molar-refractivity contribution is -0.140. The van der Waals surface area contributed by atoms with E-state index in [2.05, 4.69) is 21.2 Å². The molecule has 0 unspecified atom stereocenters. The Balaban J connectivity index is 1.71. The molecule has 0 aliphatic carbocycles. The van der Waals surface area contributed by atoms with Crippen LogP contribution in [0.1, 0.15) is 24.5 Å². The van der Waals surface area contributed by atoms with E-state index in [1.165, 1.54) is 0 Å². The van der Waals surface area contributed by atoms with Crippen molar-refractivity contribution in [1.82, 2.24) is 10.2 Å². The highest BCUT2D eigenvalue weighted by molar-refractivity contribution is 9.10. The molecule has 1 heterocycles. The average molecular weight is 447 g/mol. The summed E-state index contributed by atoms with van der Waals surface area (Å²) in [5, 5.41) is 2.63. The molecular weight excluding hydrogens is 424 g/mol. The molecule has 2 aromatic rings. The first-order valence-electron chi connectivity index (χ1n) is 9.12. The van der Waals surface area contributed by atoms with Gasteiger partial charge in [0, 0.05) is 24.5 Å². The molecule has 3 rings (SSSR count). The summed E-state index contributed by atoms with van der Waals surface area (Å²) >= 11 is 3.45. The van der Waals surface area contributed by atoms with Crippen molar-refractivity contribution < 1.29 is 19.1 Å². The van der Waals surface area contributed by atoms with Gasteiger partial charge in [-0.15, -0.1) is 0 Å². The Labute approximate surface area is 172 Å². The molecule has 2 aromatic carbocycles. The Hall–Kier alpha value is -2.54. The van der Waals surface area contributed by atoms with Gasteiger partial charge in [-0.3, -0.25) is 9.59 Å². The minimum atomic E-state index is -0.562. The summed E-state index contributed by atoms with van der Waals surface area (Å²) < 4.78 is 11.6. The Bertz CT molecular complexity index is 871. The number of hydrogen-bond donors (Lipinski definition) is 1. The van der Waals surface area contributed by atoms with Crippen LogP contribution in [0.4, 0.5) is 0 Å². The third-order valence-electron chi connectivity index (χ3n) is 4.72. The number of ether oxygens (including phenoxy) is 2. The van der Waals surface area contributed by atoms with E-state index in [9.17, 15) is 9.59 Å². The highest BCUT2D eigenvalue weighted by Gasteiger charge is 2.25. The fourth-order valence-corrected chi connectivity index (χ4v) is 3.56. The second kappa shape index (κ2) is 9.10. The molecule has 0 aromatic heterocycles. The number of nitrogens with zero attached hydrogens (tertiary/aromatic N) is 1. The van der Waals surface area contributed by atoms with Gasteiger partial charge < -0.3 is 19.7 Å². The van der Waals surface area contributed by atoms with Crippen LogP contribution in [0.25, 0.3) is 0 Å². The van der Waals surface area contributed by atoms with Crippen LogP contribution in [0.2, 0.25) is 0 Å². The molecule has 6 nitrogen and oxygen atoms in total. The van der Waals surface area contributed by atoms with Crippen LogP contribution in [0, 0.1) is 0 Å². The maximum Gasteiger partial charge on any atom is 0.242 e. The predicted octanol–water partition coefficient (Wildman–Crippen LogP) is 3.27. The highest BCUT2D eigenvalue weighted by atomic mass is 79.9. The van der Waals surface area contributed by atoms with Crippen molar-refractivity contribution in [1.29, 1.82) is 0 Å². The lowest BCUT2D eigenvalue weighted by Gasteiger charge is -2.28. The second-order valence-electron chi connectivity index (χ2n) is 6.63. The molecule has 1 N–H and O–H groups in total. The van der Waals surface area contributed by atoms with Gasteiger partial charge in [0.1, 0.15) is 6.04 Å². The smallest absolute Gasteiger partial charge is 0.242 e. The number of benzene rings is 2. The van der Waals surface area contributed by atoms with Gasteiger partial charge in [0.25, 0.3) is 0 Å². The first-order chi connectivity index (χ1) is 13.5. The van der Waals surface area contributed by atoms with Crippen LogP contribution >= 0.6 is 15.9 Å². The maximum atomic E-state index is 13.0. The molecular formula is C21H23BrN2O4. The molecule has 28 heavy (non-hydrogen) atoms. The Morgan fingerprint density at radius 3 is 2.68 bits per heavy atom. The molecule has 0 spiro atoms. The second-order valence-corrected chi connectivity index (χ2v) is 7.55. The van der Waals surface area contributed by atoms with E-state index in [1.54, 1.807) is 18.9 Å². The van der Waals surface area contributed by atoms with E-state index in [0.29, 0.717) is 25.1 Å². The molecule has 148 valence electrons. The van der Waals surface area contributed by atoms with Crippen molar-refractivity contribution in [3.63, 3.8) is 0 Å². The first kappa shape index (κ1) is 20.2. The van der Waals surface area contributed by atoms with E-state index < -0.39 is 6.04 Å². The Morgan fingerprint density at radius 2 is 1.93 bits per heavy atom. The monoisotopic (exact) mass is 446 g/mol. The van der Waals surface area contributed by atoms with Crippen molar-refractivity contribution in [3.05, 3.63) is 58.1 Å². The predicted molar refractivity (Wildman–Crippen MR) is 109 cm³/mol. The van der Waals surface area contributed by atoms with Crippen molar-refractivity contribution >= 4 is 27.7 Å². The standard InChI is InChI=1S/C21H23BrN2O4/c1-14(21(26)23-2)24(12-16-4-3-5-17(22)10-16)20(25)9-7-15-6-8-18-19(11-15)28-13-27-18/h3-6,8,10-11,14H,7,9,12-13H2,1-2H3,(H,23,26)/t14-/m1/s1. The van der Waals surface area contributed by atoms with Gasteiger partial charge >= 0.3 is 0 Å². The zero-order valence-corrected chi connectivity index (χ0v) is 17.5. The normalized spacial score (nSPS) is 13.1. The fourth-order valence-electron chi connectivity index (χ4n) is 3.11. The van der Waals surface area contributed by atoms with Crippen LogP contribution < -0.4 is 14.8 Å². The number of carbonyl (C=O) groups excluding carboxylic acids is 2. The summed E-state index contributed by atoms with van der Waals surface area (Å²) in [6.07, 6.45) is 0.861. The summed E-state index contributed by atoms with van der Waals surface area (Å²) in [5.41, 5.74) is 1.95. The van der Waals surface area contributed by atoms with Crippen LogP contribution in [-0.4, -0.2) is 36.6 Å². The molecule has 1 aliphatic rings. The van der Waals surface area contributed by atoms with Gasteiger partial charge in [0.05, 0.1) is 0 Å². The molecule has 1 atom stereocenters. The van der Waals surface area contributed by atoms with Crippen LogP contribution in [0.15, 0.2) is 46.9 Å². The van der Waals surface area contributed by atoms with Crippen molar-refractivity contribution in [2.75, 3.05) is 13.8 Å². The molecule has 0 fully saturated rings. The number of rotatable bonds is 7. The van der Waals surface area contributed by atoms with Gasteiger partial charge in [-0.1, -0.05) is 34.1 Å². The SMILES string of the molecule is CNC(=O)[C@@H](C)N(Cc1cccc(Br)c1)C(=O)CCc1ccc2c(c1)OCO2. The summed E-state index contributed by atoms with van der Waals surface area (Å²) in [7, 11) is 1.58. The third kappa shape index (κ3) is 4.84. The van der Waals surface area contributed by atoms with Gasteiger partial charge in [-0.2, -0.15) is 0 Å². The van der Waals surface area contributed by atoms with Crippen LogP contribution in [0.3, 0.4) is 0 Å². The van der Waals surface area contributed by atoms with Crippen molar-refractivity contribution in [3.8, 4) is 11.5 Å². The molecule has 0 bridgehead atoms. The van der Waals surface area contributed by atoms with E-state index >= 15 is 0 Å². The molecule has 0 saturated carbocycles. The lowest BCUT2D eigenvalue weighted by Crippen LogP contribution is -2.46. The molecule has 0 radical (unpaired) electrons. The number of nitrogens with one attached hydrogen (secondary N) is 1. The maximum absolute atomic E-state index is 13.0. The average Bonchev–Trinajstić information content (AvgIpc) is 3.17. The topological polar surface area (TPSA) is 67.9 Å². The first-order valence-corrected chi connectivity index (χ1v) is 9.91. The van der Waals surface area contributed by atoms with E-state index in [1.807, 2.05) is 42.5 Å². The van der Waals surface area contributed by atoms with Crippen molar-refractivity contribution in [2.24, 2.45) is 0 Å². The summed E-state index contributed by atoms with van der Waals surface area (Å²) in [6, 6.07) is 12.9. The Kier molecular flexibility index (Phi) is 6.57. The Morgan fingerprint density at radius 1 is 1.14 bits per heavy atom. The number of halogens is 1. The number of fused-ring (bicyclic) bond motifs is 1.